The monoisotopic (exact) mass is 262 g/mol. The fourth-order valence-electron chi connectivity index (χ4n) is 1.27. The van der Waals surface area contributed by atoms with Crippen molar-refractivity contribution >= 4 is 5.91 Å². The molecule has 1 amide bonds. The molecule has 6 nitrogen and oxygen atoms in total. The standard InChI is InChI=1S/C12H26N2O4/c1-4-13-12(16)10(3)14-8-11(15)9-18-7-6-17-5-2/h10-11,14-15H,4-9H2,1-3H3,(H,13,16). The van der Waals surface area contributed by atoms with Crippen molar-refractivity contribution in [1.82, 2.24) is 10.6 Å². The molecule has 0 fully saturated rings. The maximum absolute atomic E-state index is 11.4. The molecule has 108 valence electrons. The average molecular weight is 262 g/mol. The quantitative estimate of drug-likeness (QED) is 0.438. The van der Waals surface area contributed by atoms with Gasteiger partial charge < -0.3 is 25.2 Å². The second-order valence-electron chi connectivity index (χ2n) is 3.95. The van der Waals surface area contributed by atoms with E-state index in [0.29, 0.717) is 32.9 Å². The van der Waals surface area contributed by atoms with Gasteiger partial charge >= 0.3 is 0 Å². The van der Waals surface area contributed by atoms with Crippen LogP contribution in [0.5, 0.6) is 0 Å². The first-order valence-electron chi connectivity index (χ1n) is 6.46. The van der Waals surface area contributed by atoms with Crippen LogP contribution in [0.3, 0.4) is 0 Å². The van der Waals surface area contributed by atoms with E-state index in [1.807, 2.05) is 13.8 Å². The van der Waals surface area contributed by atoms with Crippen LogP contribution in [0.15, 0.2) is 0 Å². The van der Waals surface area contributed by atoms with E-state index in [-0.39, 0.29) is 18.6 Å². The first-order valence-corrected chi connectivity index (χ1v) is 6.46. The zero-order valence-corrected chi connectivity index (χ0v) is 11.6. The van der Waals surface area contributed by atoms with E-state index in [2.05, 4.69) is 10.6 Å². The maximum atomic E-state index is 11.4. The Kier molecular flexibility index (Phi) is 11.0. The molecule has 0 saturated carbocycles. The summed E-state index contributed by atoms with van der Waals surface area (Å²) < 4.78 is 10.3. The van der Waals surface area contributed by atoms with Crippen LogP contribution >= 0.6 is 0 Å². The summed E-state index contributed by atoms with van der Waals surface area (Å²) in [4.78, 5) is 11.4. The molecule has 0 aliphatic carbocycles. The number of carbonyl (C=O) groups excluding carboxylic acids is 1. The molecule has 0 spiro atoms. The van der Waals surface area contributed by atoms with E-state index in [0.717, 1.165) is 0 Å². The van der Waals surface area contributed by atoms with Gasteiger partial charge in [-0.05, 0) is 20.8 Å². The summed E-state index contributed by atoms with van der Waals surface area (Å²) in [6, 6.07) is -0.317. The number of aliphatic hydroxyl groups excluding tert-OH is 1. The molecule has 0 radical (unpaired) electrons. The number of hydrogen-bond donors (Lipinski definition) is 3. The topological polar surface area (TPSA) is 79.8 Å². The first-order chi connectivity index (χ1) is 8.61. The summed E-state index contributed by atoms with van der Waals surface area (Å²) in [5, 5.41) is 15.3. The van der Waals surface area contributed by atoms with Gasteiger partial charge in [0.1, 0.15) is 0 Å². The largest absolute Gasteiger partial charge is 0.389 e. The molecule has 6 heteroatoms. The highest BCUT2D eigenvalue weighted by Crippen LogP contribution is 1.88. The molecule has 0 aromatic rings. The Balaban J connectivity index is 3.51. The van der Waals surface area contributed by atoms with Gasteiger partial charge in [0.05, 0.1) is 32.0 Å². The second kappa shape index (κ2) is 11.4. The van der Waals surface area contributed by atoms with E-state index < -0.39 is 6.10 Å². The third kappa shape index (κ3) is 9.35. The van der Waals surface area contributed by atoms with Crippen LogP contribution in [-0.2, 0) is 14.3 Å². The highest BCUT2D eigenvalue weighted by atomic mass is 16.5. The molecule has 0 aromatic heterocycles. The molecule has 0 aliphatic heterocycles. The van der Waals surface area contributed by atoms with Crippen LogP contribution in [0.4, 0.5) is 0 Å². The Morgan fingerprint density at radius 3 is 2.56 bits per heavy atom. The molecule has 18 heavy (non-hydrogen) atoms. The molecular weight excluding hydrogens is 236 g/mol. The number of nitrogens with one attached hydrogen (secondary N) is 2. The lowest BCUT2D eigenvalue weighted by Gasteiger charge is -2.16. The minimum atomic E-state index is -0.622. The predicted octanol–water partition coefficient (Wildman–Crippen LogP) is -0.485. The fourth-order valence-corrected chi connectivity index (χ4v) is 1.27. The number of amides is 1. The lowest BCUT2D eigenvalue weighted by molar-refractivity contribution is -0.122. The van der Waals surface area contributed by atoms with Crippen molar-refractivity contribution < 1.29 is 19.4 Å². The summed E-state index contributed by atoms with van der Waals surface area (Å²) in [7, 11) is 0. The van der Waals surface area contributed by atoms with Crippen molar-refractivity contribution in [1.29, 1.82) is 0 Å². The van der Waals surface area contributed by atoms with Gasteiger partial charge in [-0.1, -0.05) is 0 Å². The van der Waals surface area contributed by atoms with E-state index in [1.54, 1.807) is 6.92 Å². The third-order valence-corrected chi connectivity index (χ3v) is 2.29. The van der Waals surface area contributed by atoms with Gasteiger partial charge in [-0.2, -0.15) is 0 Å². The van der Waals surface area contributed by atoms with Crippen molar-refractivity contribution in [3.63, 3.8) is 0 Å². The van der Waals surface area contributed by atoms with Crippen molar-refractivity contribution in [3.05, 3.63) is 0 Å². The highest BCUT2D eigenvalue weighted by Gasteiger charge is 2.12. The lowest BCUT2D eigenvalue weighted by atomic mass is 10.3. The number of ether oxygens (including phenoxy) is 2. The summed E-state index contributed by atoms with van der Waals surface area (Å²) in [6.07, 6.45) is -0.622. The molecule has 0 saturated heterocycles. The Hall–Kier alpha value is -0.690. The summed E-state index contributed by atoms with van der Waals surface area (Å²) in [5.74, 6) is -0.0676. The Bertz CT molecular complexity index is 214. The summed E-state index contributed by atoms with van der Waals surface area (Å²) >= 11 is 0. The molecule has 0 rings (SSSR count). The summed E-state index contributed by atoms with van der Waals surface area (Å²) in [6.45, 7) is 8.38. The lowest BCUT2D eigenvalue weighted by Crippen LogP contribution is -2.45. The normalized spacial score (nSPS) is 14.2. The first kappa shape index (κ1) is 17.3. The minimum Gasteiger partial charge on any atom is -0.389 e. The molecule has 3 N–H and O–H groups in total. The van der Waals surface area contributed by atoms with E-state index in [1.165, 1.54) is 0 Å². The SMILES string of the molecule is CCNC(=O)C(C)NCC(O)COCCOCC. The molecule has 0 bridgehead atoms. The molecule has 2 unspecified atom stereocenters. The maximum Gasteiger partial charge on any atom is 0.236 e. The van der Waals surface area contributed by atoms with Crippen molar-refractivity contribution in [2.45, 2.75) is 32.9 Å². The number of carbonyl (C=O) groups is 1. The van der Waals surface area contributed by atoms with E-state index in [4.69, 9.17) is 9.47 Å². The molecule has 0 heterocycles. The molecule has 2 atom stereocenters. The van der Waals surface area contributed by atoms with Crippen molar-refractivity contribution in [2.75, 3.05) is 39.5 Å². The average Bonchev–Trinajstić information content (AvgIpc) is 2.36. The van der Waals surface area contributed by atoms with Gasteiger partial charge in [0, 0.05) is 19.7 Å². The Morgan fingerprint density at radius 2 is 1.94 bits per heavy atom. The second-order valence-corrected chi connectivity index (χ2v) is 3.95. The number of likely N-dealkylation sites (N-methyl/N-ethyl adjacent to an activating group) is 1. The highest BCUT2D eigenvalue weighted by molar-refractivity contribution is 5.81. The Labute approximate surface area is 109 Å². The van der Waals surface area contributed by atoms with E-state index >= 15 is 0 Å². The van der Waals surface area contributed by atoms with Gasteiger partial charge in [0.25, 0.3) is 0 Å². The van der Waals surface area contributed by atoms with Crippen molar-refractivity contribution in [3.8, 4) is 0 Å². The van der Waals surface area contributed by atoms with Crippen LogP contribution < -0.4 is 10.6 Å². The third-order valence-electron chi connectivity index (χ3n) is 2.29. The number of hydrogen-bond acceptors (Lipinski definition) is 5. The number of rotatable bonds is 11. The minimum absolute atomic E-state index is 0.0676. The molecule has 0 aromatic carbocycles. The van der Waals surface area contributed by atoms with Crippen LogP contribution in [0.1, 0.15) is 20.8 Å². The van der Waals surface area contributed by atoms with Crippen molar-refractivity contribution in [2.24, 2.45) is 0 Å². The molecule has 0 aliphatic rings. The van der Waals surface area contributed by atoms with Gasteiger partial charge in [-0.25, -0.2) is 0 Å². The van der Waals surface area contributed by atoms with Crippen LogP contribution in [-0.4, -0.2) is 62.7 Å². The van der Waals surface area contributed by atoms with Gasteiger partial charge in [0.15, 0.2) is 0 Å². The smallest absolute Gasteiger partial charge is 0.236 e. The summed E-state index contributed by atoms with van der Waals surface area (Å²) in [5.41, 5.74) is 0. The van der Waals surface area contributed by atoms with Crippen LogP contribution in [0.2, 0.25) is 0 Å². The van der Waals surface area contributed by atoms with Gasteiger partial charge in [-0.3, -0.25) is 4.79 Å². The zero-order valence-electron chi connectivity index (χ0n) is 11.6. The van der Waals surface area contributed by atoms with Crippen LogP contribution in [0, 0.1) is 0 Å². The number of aliphatic hydroxyl groups is 1. The molecular formula is C12H26N2O4. The van der Waals surface area contributed by atoms with Crippen LogP contribution in [0.25, 0.3) is 0 Å². The zero-order chi connectivity index (χ0) is 13.8. The van der Waals surface area contributed by atoms with Gasteiger partial charge in [0.2, 0.25) is 5.91 Å². The fraction of sp³-hybridized carbons (Fsp3) is 0.917. The Morgan fingerprint density at radius 1 is 1.28 bits per heavy atom. The van der Waals surface area contributed by atoms with Gasteiger partial charge in [-0.15, -0.1) is 0 Å². The predicted molar refractivity (Wildman–Crippen MR) is 69.5 cm³/mol. The van der Waals surface area contributed by atoms with E-state index in [9.17, 15) is 9.90 Å².